The van der Waals surface area contributed by atoms with Crippen LogP contribution in [0.1, 0.15) is 23.9 Å². The van der Waals surface area contributed by atoms with Gasteiger partial charge in [-0.25, -0.2) is 0 Å². The molecule has 1 N–H and O–H groups in total. The summed E-state index contributed by atoms with van der Waals surface area (Å²) in [6, 6.07) is 7.40. The second-order valence-electron chi connectivity index (χ2n) is 5.95. The molecule has 0 aliphatic carbocycles. The largest absolute Gasteiger partial charge is 0.494 e. The van der Waals surface area contributed by atoms with E-state index in [1.165, 1.54) is 5.56 Å². The topological polar surface area (TPSA) is 59.4 Å². The Morgan fingerprint density at radius 2 is 1.96 bits per heavy atom. The van der Waals surface area contributed by atoms with Crippen LogP contribution in [0.15, 0.2) is 24.3 Å². The quantitative estimate of drug-likeness (QED) is 0.847. The van der Waals surface area contributed by atoms with E-state index in [9.17, 15) is 4.79 Å². The number of benzene rings is 1. The van der Waals surface area contributed by atoms with Gasteiger partial charge in [0.2, 0.25) is 5.91 Å². The molecular weight excluding hydrogens is 304 g/mol. The first-order chi connectivity index (χ1) is 11.4. The number of rotatable bonds is 7. The molecule has 2 rings (SSSR count). The highest BCUT2D eigenvalue weighted by Gasteiger charge is 2.13. The van der Waals surface area contributed by atoms with Crippen molar-refractivity contribution in [1.29, 1.82) is 0 Å². The van der Waals surface area contributed by atoms with Crippen LogP contribution in [0.25, 0.3) is 0 Å². The minimum absolute atomic E-state index is 0.0409. The average Bonchev–Trinajstić information content (AvgIpc) is 2.76. The van der Waals surface area contributed by atoms with E-state index >= 15 is 0 Å². The number of anilines is 1. The SMILES string of the molecule is CCOc1ccc(NC(=O)CN(C)Cc2c(C)nn(C)c2C)cc1. The number of nitrogens with zero attached hydrogens (tertiary/aromatic N) is 3. The molecule has 6 heteroatoms. The number of hydrogen-bond acceptors (Lipinski definition) is 4. The van der Waals surface area contributed by atoms with Crippen LogP contribution in [-0.2, 0) is 18.4 Å². The predicted octanol–water partition coefficient (Wildman–Crippen LogP) is 2.51. The summed E-state index contributed by atoms with van der Waals surface area (Å²) in [4.78, 5) is 14.2. The molecule has 0 spiro atoms. The Morgan fingerprint density at radius 1 is 1.29 bits per heavy atom. The van der Waals surface area contributed by atoms with Crippen molar-refractivity contribution in [3.63, 3.8) is 0 Å². The van der Waals surface area contributed by atoms with E-state index in [2.05, 4.69) is 10.4 Å². The monoisotopic (exact) mass is 330 g/mol. The molecule has 0 unspecified atom stereocenters. The van der Waals surface area contributed by atoms with Gasteiger partial charge in [0.25, 0.3) is 0 Å². The van der Waals surface area contributed by atoms with E-state index in [4.69, 9.17) is 4.74 Å². The Hall–Kier alpha value is -2.34. The standard InChI is InChI=1S/C18H26N4O2/c1-6-24-16-9-7-15(8-10-16)19-18(23)12-21(4)11-17-13(2)20-22(5)14(17)3/h7-10H,6,11-12H2,1-5H3,(H,19,23). The lowest BCUT2D eigenvalue weighted by Crippen LogP contribution is -2.30. The first kappa shape index (κ1) is 18.0. The van der Waals surface area contributed by atoms with E-state index in [1.54, 1.807) is 0 Å². The zero-order chi connectivity index (χ0) is 17.7. The fourth-order valence-electron chi connectivity index (χ4n) is 2.62. The molecule has 0 atom stereocenters. The molecule has 0 aliphatic rings. The van der Waals surface area contributed by atoms with Crippen molar-refractivity contribution in [3.05, 3.63) is 41.2 Å². The maximum Gasteiger partial charge on any atom is 0.238 e. The molecule has 1 aromatic carbocycles. The summed E-state index contributed by atoms with van der Waals surface area (Å²) >= 11 is 0. The number of nitrogens with one attached hydrogen (secondary N) is 1. The summed E-state index contributed by atoms with van der Waals surface area (Å²) in [7, 11) is 3.87. The smallest absolute Gasteiger partial charge is 0.238 e. The zero-order valence-electron chi connectivity index (χ0n) is 15.1. The van der Waals surface area contributed by atoms with Crippen LogP contribution < -0.4 is 10.1 Å². The molecule has 0 bridgehead atoms. The van der Waals surface area contributed by atoms with Gasteiger partial charge in [0.05, 0.1) is 18.8 Å². The molecule has 1 heterocycles. The molecule has 0 fully saturated rings. The Balaban J connectivity index is 1.89. The van der Waals surface area contributed by atoms with Gasteiger partial charge in [-0.15, -0.1) is 0 Å². The lowest BCUT2D eigenvalue weighted by molar-refractivity contribution is -0.117. The number of aryl methyl sites for hydroxylation is 2. The van der Waals surface area contributed by atoms with Gasteiger partial charge < -0.3 is 10.1 Å². The summed E-state index contributed by atoms with van der Waals surface area (Å²) in [5.74, 6) is 0.760. The van der Waals surface area contributed by atoms with Crippen molar-refractivity contribution in [2.45, 2.75) is 27.3 Å². The lowest BCUT2D eigenvalue weighted by atomic mass is 10.2. The van der Waals surface area contributed by atoms with Crippen LogP contribution in [0.3, 0.4) is 0 Å². The fraction of sp³-hybridized carbons (Fsp3) is 0.444. The van der Waals surface area contributed by atoms with Gasteiger partial charge in [0.15, 0.2) is 0 Å². The molecule has 1 aromatic heterocycles. The molecule has 0 radical (unpaired) electrons. The molecule has 24 heavy (non-hydrogen) atoms. The number of carbonyl (C=O) groups is 1. The number of aromatic nitrogens is 2. The number of amides is 1. The van der Waals surface area contributed by atoms with Crippen LogP contribution >= 0.6 is 0 Å². The third-order valence-electron chi connectivity index (χ3n) is 3.95. The van der Waals surface area contributed by atoms with Crippen molar-refractivity contribution in [2.24, 2.45) is 7.05 Å². The number of likely N-dealkylation sites (N-methyl/N-ethyl adjacent to an activating group) is 1. The Labute approximate surface area is 143 Å². The van der Waals surface area contributed by atoms with Crippen molar-refractivity contribution in [2.75, 3.05) is 25.5 Å². The second-order valence-corrected chi connectivity index (χ2v) is 5.95. The van der Waals surface area contributed by atoms with Gasteiger partial charge in [0.1, 0.15) is 5.75 Å². The van der Waals surface area contributed by atoms with Gasteiger partial charge >= 0.3 is 0 Å². The normalized spacial score (nSPS) is 10.9. The highest BCUT2D eigenvalue weighted by molar-refractivity contribution is 5.92. The molecule has 0 saturated heterocycles. The molecule has 1 amide bonds. The number of carbonyl (C=O) groups excluding carboxylic acids is 1. The molecule has 6 nitrogen and oxygen atoms in total. The van der Waals surface area contributed by atoms with Crippen LogP contribution in [0, 0.1) is 13.8 Å². The third kappa shape index (κ3) is 4.58. The Kier molecular flexibility index (Phi) is 5.98. The van der Waals surface area contributed by atoms with Crippen molar-refractivity contribution in [1.82, 2.24) is 14.7 Å². The van der Waals surface area contributed by atoms with E-state index in [0.717, 1.165) is 22.8 Å². The molecule has 0 saturated carbocycles. The van der Waals surface area contributed by atoms with E-state index in [0.29, 0.717) is 19.7 Å². The minimum atomic E-state index is -0.0409. The second kappa shape index (κ2) is 7.97. The van der Waals surface area contributed by atoms with Gasteiger partial charge in [-0.3, -0.25) is 14.4 Å². The first-order valence-corrected chi connectivity index (χ1v) is 8.11. The average molecular weight is 330 g/mol. The van der Waals surface area contributed by atoms with Crippen LogP contribution in [-0.4, -0.2) is 40.8 Å². The van der Waals surface area contributed by atoms with E-state index < -0.39 is 0 Å². The maximum atomic E-state index is 12.2. The minimum Gasteiger partial charge on any atom is -0.494 e. The summed E-state index contributed by atoms with van der Waals surface area (Å²) in [5, 5.41) is 7.32. The Morgan fingerprint density at radius 3 is 2.50 bits per heavy atom. The van der Waals surface area contributed by atoms with Crippen molar-refractivity contribution < 1.29 is 9.53 Å². The van der Waals surface area contributed by atoms with Crippen molar-refractivity contribution in [3.8, 4) is 5.75 Å². The first-order valence-electron chi connectivity index (χ1n) is 8.11. The van der Waals surface area contributed by atoms with Crippen LogP contribution in [0.5, 0.6) is 5.75 Å². The molecule has 0 aliphatic heterocycles. The van der Waals surface area contributed by atoms with Crippen LogP contribution in [0.2, 0.25) is 0 Å². The van der Waals surface area contributed by atoms with Gasteiger partial charge in [-0.05, 0) is 52.1 Å². The summed E-state index contributed by atoms with van der Waals surface area (Å²) < 4.78 is 7.27. The van der Waals surface area contributed by atoms with Crippen LogP contribution in [0.4, 0.5) is 5.69 Å². The third-order valence-corrected chi connectivity index (χ3v) is 3.95. The van der Waals surface area contributed by atoms with Crippen molar-refractivity contribution >= 4 is 11.6 Å². The molecule has 130 valence electrons. The van der Waals surface area contributed by atoms with E-state index in [1.807, 2.05) is 68.7 Å². The van der Waals surface area contributed by atoms with Gasteiger partial charge in [-0.2, -0.15) is 5.10 Å². The molecular formula is C18H26N4O2. The van der Waals surface area contributed by atoms with Gasteiger partial charge in [0, 0.05) is 30.5 Å². The maximum absolute atomic E-state index is 12.2. The highest BCUT2D eigenvalue weighted by atomic mass is 16.5. The molecule has 2 aromatic rings. The highest BCUT2D eigenvalue weighted by Crippen LogP contribution is 2.16. The fourth-order valence-corrected chi connectivity index (χ4v) is 2.62. The lowest BCUT2D eigenvalue weighted by Gasteiger charge is -2.16. The Bertz CT molecular complexity index is 692. The number of hydrogen-bond donors (Lipinski definition) is 1. The summed E-state index contributed by atoms with van der Waals surface area (Å²) in [6.07, 6.45) is 0. The summed E-state index contributed by atoms with van der Waals surface area (Å²) in [5.41, 5.74) is 4.08. The zero-order valence-corrected chi connectivity index (χ0v) is 15.1. The van der Waals surface area contributed by atoms with Gasteiger partial charge in [-0.1, -0.05) is 0 Å². The number of ether oxygens (including phenoxy) is 1. The summed E-state index contributed by atoms with van der Waals surface area (Å²) in [6.45, 7) is 7.63. The predicted molar refractivity (Wildman–Crippen MR) is 95.3 cm³/mol. The van der Waals surface area contributed by atoms with E-state index in [-0.39, 0.29) is 5.91 Å².